The first kappa shape index (κ1) is 29.6. The zero-order valence-electron chi connectivity index (χ0n) is 17.2. The summed E-state index contributed by atoms with van der Waals surface area (Å²) in [6.07, 6.45) is -3.09. The van der Waals surface area contributed by atoms with E-state index in [9.17, 15) is 33.6 Å². The zero-order valence-corrected chi connectivity index (χ0v) is 18.1. The third-order valence-electron chi connectivity index (χ3n) is 4.09. The Morgan fingerprint density at radius 1 is 0.667 bits per heavy atom. The van der Waals surface area contributed by atoms with E-state index < -0.39 is 97.9 Å². The predicted molar refractivity (Wildman–Crippen MR) is 111 cm³/mol. The van der Waals surface area contributed by atoms with Gasteiger partial charge in [0.1, 0.15) is 18.1 Å². The van der Waals surface area contributed by atoms with Gasteiger partial charge in [0.25, 0.3) is 0 Å². The maximum Gasteiger partial charge on any atom is 0.326 e. The number of hydrogen-bond donors (Lipinski definition) is 9. The minimum atomic E-state index is -1.87. The third kappa shape index (κ3) is 12.3. The van der Waals surface area contributed by atoms with E-state index in [1.807, 2.05) is 5.32 Å². The molecule has 0 aromatic heterocycles. The van der Waals surface area contributed by atoms with Crippen LogP contribution in [0, 0.1) is 0 Å². The predicted octanol–water partition coefficient (Wildman–Crippen LogP) is -3.01. The molecular weight excluding hydrogens is 468 g/mol. The van der Waals surface area contributed by atoms with E-state index in [4.69, 9.17) is 26.2 Å². The number of aliphatic carboxylic acids is 4. The minimum absolute atomic E-state index is 0.0943. The Labute approximate surface area is 192 Å². The molecule has 0 fully saturated rings. The number of rotatable bonds is 16. The van der Waals surface area contributed by atoms with Gasteiger partial charge in [-0.1, -0.05) is 0 Å². The first-order chi connectivity index (χ1) is 15.3. The molecule has 0 radical (unpaired) electrons. The fourth-order valence-corrected chi connectivity index (χ4v) is 2.52. The van der Waals surface area contributed by atoms with Gasteiger partial charge in [-0.3, -0.25) is 28.8 Å². The summed E-state index contributed by atoms with van der Waals surface area (Å²) < 4.78 is 0. The van der Waals surface area contributed by atoms with Crippen LogP contribution in [-0.2, 0) is 33.6 Å². The van der Waals surface area contributed by atoms with Crippen molar-refractivity contribution in [1.82, 2.24) is 16.0 Å². The van der Waals surface area contributed by atoms with E-state index in [2.05, 4.69) is 23.3 Å². The van der Waals surface area contributed by atoms with Crippen LogP contribution in [0.1, 0.15) is 32.1 Å². The molecule has 4 atom stereocenters. The van der Waals surface area contributed by atoms with Gasteiger partial charge in [-0.15, -0.1) is 0 Å². The van der Waals surface area contributed by atoms with Gasteiger partial charge in [0.2, 0.25) is 17.7 Å². The summed E-state index contributed by atoms with van der Waals surface area (Å²) in [5.41, 5.74) is 5.50. The van der Waals surface area contributed by atoms with Gasteiger partial charge in [-0.25, -0.2) is 4.79 Å². The lowest BCUT2D eigenvalue weighted by Gasteiger charge is -2.24. The monoisotopic (exact) mass is 494 g/mol. The number of nitrogens with one attached hydrogen (secondary N) is 3. The van der Waals surface area contributed by atoms with Gasteiger partial charge in [0.05, 0.1) is 12.5 Å². The quantitative estimate of drug-likeness (QED) is 0.0971. The second-order valence-electron chi connectivity index (χ2n) is 6.77. The van der Waals surface area contributed by atoms with Crippen LogP contribution in [-0.4, -0.2) is 91.9 Å². The summed E-state index contributed by atoms with van der Waals surface area (Å²) in [5.74, 6) is -9.04. The number of thiol groups is 1. The molecule has 0 aliphatic carbocycles. The maximum absolute atomic E-state index is 12.6. The zero-order chi connectivity index (χ0) is 25.7. The maximum atomic E-state index is 12.6. The van der Waals surface area contributed by atoms with Crippen molar-refractivity contribution >= 4 is 54.2 Å². The van der Waals surface area contributed by atoms with Crippen LogP contribution in [0.4, 0.5) is 0 Å². The largest absolute Gasteiger partial charge is 0.481 e. The average Bonchev–Trinajstić information content (AvgIpc) is 2.71. The van der Waals surface area contributed by atoms with Gasteiger partial charge >= 0.3 is 23.9 Å². The normalized spacial score (nSPS) is 14.1. The van der Waals surface area contributed by atoms with Crippen molar-refractivity contribution in [3.05, 3.63) is 0 Å². The van der Waals surface area contributed by atoms with E-state index in [1.54, 1.807) is 0 Å². The van der Waals surface area contributed by atoms with Crippen LogP contribution in [0.25, 0.3) is 0 Å². The van der Waals surface area contributed by atoms with Crippen LogP contribution in [0.15, 0.2) is 0 Å². The summed E-state index contributed by atoms with van der Waals surface area (Å²) in [7, 11) is 0. The Hall–Kier alpha value is -3.40. The molecule has 0 aliphatic rings. The highest BCUT2D eigenvalue weighted by Gasteiger charge is 2.31. The van der Waals surface area contributed by atoms with Gasteiger partial charge in [-0.2, -0.15) is 12.6 Å². The molecule has 0 aliphatic heterocycles. The number of hydrogen-bond acceptors (Lipinski definition) is 9. The Balaban J connectivity index is 5.60. The Kier molecular flexibility index (Phi) is 13.1. The Morgan fingerprint density at radius 2 is 1.06 bits per heavy atom. The minimum Gasteiger partial charge on any atom is -0.481 e. The molecule has 186 valence electrons. The van der Waals surface area contributed by atoms with E-state index >= 15 is 0 Å². The molecule has 9 N–H and O–H groups in total. The third-order valence-corrected chi connectivity index (χ3v) is 4.48. The fourth-order valence-electron chi connectivity index (χ4n) is 2.35. The molecule has 0 aromatic carbocycles. The van der Waals surface area contributed by atoms with Crippen molar-refractivity contribution in [1.29, 1.82) is 0 Å². The van der Waals surface area contributed by atoms with E-state index in [1.165, 1.54) is 0 Å². The number of nitrogens with two attached hydrogens (primary N) is 1. The summed E-state index contributed by atoms with van der Waals surface area (Å²) in [6.45, 7) is 0. The summed E-state index contributed by atoms with van der Waals surface area (Å²) >= 11 is 3.84. The Bertz CT molecular complexity index is 776. The average molecular weight is 494 g/mol. The number of carboxylic acid groups (broad SMARTS) is 4. The van der Waals surface area contributed by atoms with Crippen molar-refractivity contribution in [2.24, 2.45) is 5.73 Å². The highest BCUT2D eigenvalue weighted by molar-refractivity contribution is 7.80. The number of carbonyl (C=O) groups is 7. The van der Waals surface area contributed by atoms with E-state index in [-0.39, 0.29) is 5.75 Å². The van der Waals surface area contributed by atoms with Crippen LogP contribution in [0.3, 0.4) is 0 Å². The van der Waals surface area contributed by atoms with Crippen LogP contribution >= 0.6 is 12.6 Å². The van der Waals surface area contributed by atoms with Crippen molar-refractivity contribution < 1.29 is 54.0 Å². The van der Waals surface area contributed by atoms with E-state index in [0.29, 0.717) is 0 Å². The lowest BCUT2D eigenvalue weighted by molar-refractivity contribution is -0.147. The molecular formula is C17H26N4O11S. The fraction of sp³-hybridized carbons (Fsp3) is 0.588. The smallest absolute Gasteiger partial charge is 0.326 e. The molecule has 0 rings (SSSR count). The number of carboxylic acids is 4. The van der Waals surface area contributed by atoms with Gasteiger partial charge in [0.15, 0.2) is 0 Å². The molecule has 15 nitrogen and oxygen atoms in total. The number of amides is 3. The SMILES string of the molecule is N[C@@H](CS)C(=O)N[C@@H](CCC(=O)O)C(=O)N[C@@H](CCC(=O)O)C(=O)N[C@@H](CC(=O)O)C(=O)O. The summed E-state index contributed by atoms with van der Waals surface area (Å²) in [6, 6.07) is -6.11. The first-order valence-corrected chi connectivity index (χ1v) is 10.1. The molecule has 0 unspecified atom stereocenters. The second-order valence-corrected chi connectivity index (χ2v) is 7.14. The summed E-state index contributed by atoms with van der Waals surface area (Å²) in [5, 5.41) is 41.8. The molecule has 0 heterocycles. The Morgan fingerprint density at radius 3 is 1.39 bits per heavy atom. The van der Waals surface area contributed by atoms with Crippen LogP contribution in [0.2, 0.25) is 0 Å². The topological polar surface area (TPSA) is 263 Å². The molecule has 0 spiro atoms. The lowest BCUT2D eigenvalue weighted by atomic mass is 10.1. The number of carbonyl (C=O) groups excluding carboxylic acids is 3. The van der Waals surface area contributed by atoms with Gasteiger partial charge in [0, 0.05) is 18.6 Å². The second kappa shape index (κ2) is 14.6. The summed E-state index contributed by atoms with van der Waals surface area (Å²) in [4.78, 5) is 80.8. The van der Waals surface area contributed by atoms with Crippen molar-refractivity contribution in [3.63, 3.8) is 0 Å². The molecule has 33 heavy (non-hydrogen) atoms. The van der Waals surface area contributed by atoms with Crippen LogP contribution < -0.4 is 21.7 Å². The molecule has 0 bridgehead atoms. The first-order valence-electron chi connectivity index (χ1n) is 9.44. The van der Waals surface area contributed by atoms with Gasteiger partial charge in [-0.05, 0) is 12.8 Å². The van der Waals surface area contributed by atoms with E-state index in [0.717, 1.165) is 0 Å². The van der Waals surface area contributed by atoms with Gasteiger partial charge < -0.3 is 42.1 Å². The highest BCUT2D eigenvalue weighted by atomic mass is 32.1. The van der Waals surface area contributed by atoms with Crippen molar-refractivity contribution in [2.75, 3.05) is 5.75 Å². The van der Waals surface area contributed by atoms with Crippen molar-refractivity contribution in [3.8, 4) is 0 Å². The highest BCUT2D eigenvalue weighted by Crippen LogP contribution is 2.05. The lowest BCUT2D eigenvalue weighted by Crippen LogP contribution is -2.57. The molecule has 0 saturated carbocycles. The standard InChI is InChI=1S/C17H26N4O11S/c18-7(6-33)14(28)19-8(1-3-11(22)23)15(29)20-9(2-4-12(24)25)16(30)21-10(17(31)32)5-13(26)27/h7-10,33H,1-6,18H2,(H,19,28)(H,20,29)(H,21,30)(H,22,23)(H,24,25)(H,26,27)(H,31,32)/t7-,8-,9-,10-/m0/s1. The molecule has 16 heteroatoms. The van der Waals surface area contributed by atoms with Crippen LogP contribution in [0.5, 0.6) is 0 Å². The van der Waals surface area contributed by atoms with Crippen molar-refractivity contribution in [2.45, 2.75) is 56.3 Å². The molecule has 0 aromatic rings. The molecule has 0 saturated heterocycles. The molecule has 3 amide bonds.